The number of nitrogens with two attached hydrogens (primary N) is 3. The Morgan fingerprint density at radius 2 is 1.49 bits per heavy atom. The van der Waals surface area contributed by atoms with Crippen LogP contribution in [0, 0.1) is 0 Å². The summed E-state index contributed by atoms with van der Waals surface area (Å²) in [6, 6.07) is 21.8. The maximum Gasteiger partial charge on any atom is 0.360 e. The summed E-state index contributed by atoms with van der Waals surface area (Å²) < 4.78 is -0.791. The largest absolute Gasteiger partial charge is 0.477 e. The van der Waals surface area contributed by atoms with E-state index in [0.29, 0.717) is 23.4 Å². The van der Waals surface area contributed by atoms with E-state index in [0.717, 1.165) is 15.8 Å². The number of aliphatic imine (C=N–C) groups is 1. The van der Waals surface area contributed by atoms with Crippen molar-refractivity contribution < 1.29 is 24.3 Å². The molecule has 1 heterocycles. The van der Waals surface area contributed by atoms with Crippen LogP contribution in [0.15, 0.2) is 96.1 Å². The van der Waals surface area contributed by atoms with Crippen LogP contribution in [0.1, 0.15) is 25.3 Å². The van der Waals surface area contributed by atoms with Crippen molar-refractivity contribution in [2.45, 2.75) is 38.3 Å². The number of aromatic amines is 1. The molecule has 0 saturated carbocycles. The number of nitrogens with one attached hydrogen (secondary N) is 1. The molecule has 0 aliphatic heterocycles. The first-order valence-corrected chi connectivity index (χ1v) is 14.5. The number of nitrogens with zero attached hydrogens (tertiary/aromatic N) is 3. The molecule has 3 aromatic carbocycles. The van der Waals surface area contributed by atoms with Gasteiger partial charge in [-0.05, 0) is 24.5 Å². The number of carboxylic acid groups (broad SMARTS) is 1. The summed E-state index contributed by atoms with van der Waals surface area (Å²) in [6.45, 7) is 0.736. The molecule has 45 heavy (non-hydrogen) atoms. The molecule has 4 rings (SSSR count). The quantitative estimate of drug-likeness (QED) is 0.0657. The number of hydrogen-bond donors (Lipinski definition) is 5. The molecule has 0 fully saturated rings. The van der Waals surface area contributed by atoms with Crippen molar-refractivity contribution in [1.29, 1.82) is 0 Å². The van der Waals surface area contributed by atoms with Gasteiger partial charge in [-0.2, -0.15) is 4.48 Å². The standard InChI is InChI=1S/C33H37N7O5/c1-22(41)39(31(44)27(34)16-10-18-37-33(35)36)29(19-23-20-38-28-17-9-8-15-26(23)28)32(45)40(21-30(42)43,24-11-4-2-5-12-24)25-13-6-3-7-14-25/h2-9,11-15,17,20,27,29,38H,10,16,18-19,21,34H2,1H3,(H4-,35,36,37,42,43)/p+1/t27-,29-/m0/s1. The summed E-state index contributed by atoms with van der Waals surface area (Å²) in [4.78, 5) is 63.1. The van der Waals surface area contributed by atoms with E-state index in [4.69, 9.17) is 17.2 Å². The van der Waals surface area contributed by atoms with Crippen molar-refractivity contribution in [3.05, 3.63) is 96.7 Å². The van der Waals surface area contributed by atoms with Crippen LogP contribution in [0.25, 0.3) is 10.9 Å². The van der Waals surface area contributed by atoms with E-state index in [1.54, 1.807) is 66.9 Å². The highest BCUT2D eigenvalue weighted by Gasteiger charge is 2.51. The fourth-order valence-electron chi connectivity index (χ4n) is 5.63. The van der Waals surface area contributed by atoms with Gasteiger partial charge in [0.15, 0.2) is 18.5 Å². The number of rotatable bonds is 13. The number of quaternary nitrogens is 1. The van der Waals surface area contributed by atoms with Gasteiger partial charge in [-0.1, -0.05) is 54.6 Å². The number of imide groups is 1. The zero-order chi connectivity index (χ0) is 32.6. The van der Waals surface area contributed by atoms with Gasteiger partial charge in [0, 0.05) is 61.3 Å². The van der Waals surface area contributed by atoms with Gasteiger partial charge in [-0.25, -0.2) is 9.59 Å². The van der Waals surface area contributed by atoms with E-state index >= 15 is 4.79 Å². The highest BCUT2D eigenvalue weighted by molar-refractivity contribution is 6.07. The number of H-pyrrole nitrogens is 1. The van der Waals surface area contributed by atoms with E-state index in [-0.39, 0.29) is 25.3 Å². The lowest BCUT2D eigenvalue weighted by Crippen LogP contribution is -2.64. The lowest BCUT2D eigenvalue weighted by molar-refractivity contribution is -0.154. The number of aromatic nitrogens is 1. The first kappa shape index (κ1) is 32.6. The number of aliphatic carboxylic acids is 1. The van der Waals surface area contributed by atoms with E-state index in [1.807, 2.05) is 24.3 Å². The zero-order valence-electron chi connectivity index (χ0n) is 25.0. The van der Waals surface area contributed by atoms with Gasteiger partial charge in [0.05, 0.1) is 6.04 Å². The third-order valence-corrected chi connectivity index (χ3v) is 7.69. The Hall–Kier alpha value is -5.33. The summed E-state index contributed by atoms with van der Waals surface area (Å²) in [5, 5.41) is 11.0. The second-order valence-electron chi connectivity index (χ2n) is 10.7. The van der Waals surface area contributed by atoms with Crippen molar-refractivity contribution in [2.75, 3.05) is 13.1 Å². The second kappa shape index (κ2) is 14.4. The molecular weight excluding hydrogens is 574 g/mol. The van der Waals surface area contributed by atoms with Crippen molar-refractivity contribution in [3.63, 3.8) is 0 Å². The molecule has 234 valence electrons. The van der Waals surface area contributed by atoms with Crippen LogP contribution in [0.5, 0.6) is 0 Å². The molecule has 0 bridgehead atoms. The van der Waals surface area contributed by atoms with Crippen LogP contribution in [0.4, 0.5) is 11.4 Å². The van der Waals surface area contributed by atoms with E-state index in [9.17, 15) is 19.5 Å². The Labute approximate surface area is 260 Å². The van der Waals surface area contributed by atoms with Gasteiger partial charge in [0.25, 0.3) is 0 Å². The van der Waals surface area contributed by atoms with Gasteiger partial charge < -0.3 is 27.3 Å². The second-order valence-corrected chi connectivity index (χ2v) is 10.7. The minimum absolute atomic E-state index is 0.0891. The molecule has 12 nitrogen and oxygen atoms in total. The Kier molecular flexibility index (Phi) is 10.4. The van der Waals surface area contributed by atoms with Crippen LogP contribution < -0.4 is 21.7 Å². The number of carbonyl (C=O) groups excluding carboxylic acids is 3. The number of para-hydroxylation sites is 3. The molecule has 2 atom stereocenters. The van der Waals surface area contributed by atoms with Gasteiger partial charge in [0.2, 0.25) is 11.8 Å². The molecular formula is C33H38N7O5+. The number of carboxylic acids is 1. The van der Waals surface area contributed by atoms with Crippen LogP contribution in [-0.4, -0.2) is 69.8 Å². The third kappa shape index (κ3) is 7.25. The number of guanidine groups is 1. The average Bonchev–Trinajstić information content (AvgIpc) is 3.44. The van der Waals surface area contributed by atoms with Crippen LogP contribution in [-0.2, 0) is 25.6 Å². The molecule has 0 spiro atoms. The Morgan fingerprint density at radius 3 is 2.04 bits per heavy atom. The fourth-order valence-corrected chi connectivity index (χ4v) is 5.63. The highest BCUT2D eigenvalue weighted by Crippen LogP contribution is 2.37. The summed E-state index contributed by atoms with van der Waals surface area (Å²) in [6.07, 6.45) is 2.12. The molecule has 1 aromatic heterocycles. The molecule has 12 heteroatoms. The van der Waals surface area contributed by atoms with E-state index in [2.05, 4.69) is 9.98 Å². The number of benzene rings is 3. The minimum atomic E-state index is -1.43. The topological polar surface area (TPSA) is 198 Å². The average molecular weight is 613 g/mol. The van der Waals surface area contributed by atoms with Gasteiger partial charge >= 0.3 is 11.9 Å². The molecule has 8 N–H and O–H groups in total. The molecule has 0 radical (unpaired) electrons. The Bertz CT molecular complexity index is 1640. The minimum Gasteiger partial charge on any atom is -0.477 e. The summed E-state index contributed by atoms with van der Waals surface area (Å²) in [5.41, 5.74) is 19.3. The Balaban J connectivity index is 1.90. The SMILES string of the molecule is CC(=O)N(C(=O)[C@@H](N)CCCN=C(N)N)[C@@H](Cc1c[nH]c2ccccc12)C(=O)[N+](CC(=O)O)(c1ccccc1)c1ccccc1. The smallest absolute Gasteiger partial charge is 0.360 e. The van der Waals surface area contributed by atoms with Gasteiger partial charge in [-0.3, -0.25) is 19.5 Å². The van der Waals surface area contributed by atoms with Gasteiger partial charge in [0.1, 0.15) is 11.4 Å². The van der Waals surface area contributed by atoms with Crippen molar-refractivity contribution in [3.8, 4) is 0 Å². The molecule has 3 amide bonds. The molecule has 4 aromatic rings. The molecule has 0 aliphatic rings. The lowest BCUT2D eigenvalue weighted by Gasteiger charge is -2.39. The Morgan fingerprint density at radius 1 is 0.911 bits per heavy atom. The van der Waals surface area contributed by atoms with Crippen molar-refractivity contribution in [2.24, 2.45) is 22.2 Å². The summed E-state index contributed by atoms with van der Waals surface area (Å²) >= 11 is 0. The maximum absolute atomic E-state index is 15.2. The number of amides is 3. The normalized spacial score (nSPS) is 12.7. The van der Waals surface area contributed by atoms with E-state index in [1.165, 1.54) is 6.92 Å². The van der Waals surface area contributed by atoms with Crippen molar-refractivity contribution >= 4 is 51.9 Å². The van der Waals surface area contributed by atoms with Crippen molar-refractivity contribution in [1.82, 2.24) is 14.4 Å². The predicted octanol–water partition coefficient (Wildman–Crippen LogP) is 2.79. The first-order chi connectivity index (χ1) is 21.6. The number of fused-ring (bicyclic) bond motifs is 1. The monoisotopic (exact) mass is 612 g/mol. The van der Waals surface area contributed by atoms with Crippen LogP contribution in [0.3, 0.4) is 0 Å². The summed E-state index contributed by atoms with van der Waals surface area (Å²) in [5.74, 6) is -3.50. The summed E-state index contributed by atoms with van der Waals surface area (Å²) in [7, 11) is 0. The lowest BCUT2D eigenvalue weighted by atomic mass is 9.98. The highest BCUT2D eigenvalue weighted by atomic mass is 16.4. The number of hydrogen-bond acceptors (Lipinski definition) is 6. The van der Waals surface area contributed by atoms with E-state index < -0.39 is 46.8 Å². The predicted molar refractivity (Wildman–Crippen MR) is 173 cm³/mol. The maximum atomic E-state index is 15.2. The molecule has 0 saturated heterocycles. The van der Waals surface area contributed by atoms with Crippen LogP contribution in [0.2, 0.25) is 0 Å². The van der Waals surface area contributed by atoms with Gasteiger partial charge in [-0.15, -0.1) is 0 Å². The van der Waals surface area contributed by atoms with Crippen LogP contribution >= 0.6 is 0 Å². The molecule has 0 aliphatic carbocycles. The fraction of sp³-hybridized carbons (Fsp3) is 0.242. The number of carbonyl (C=O) groups is 4. The first-order valence-electron chi connectivity index (χ1n) is 14.5. The zero-order valence-corrected chi connectivity index (χ0v) is 25.0. The molecule has 0 unspecified atom stereocenters. The third-order valence-electron chi connectivity index (χ3n) is 7.69.